The number of carbonyl (C=O) groups excluding carboxylic acids is 1. The van der Waals surface area contributed by atoms with Gasteiger partial charge in [0.25, 0.3) is 0 Å². The summed E-state index contributed by atoms with van der Waals surface area (Å²) in [6, 6.07) is 9.88. The first-order valence-corrected chi connectivity index (χ1v) is 5.44. The Morgan fingerprint density at radius 1 is 1.50 bits per heavy atom. The number of carbonyl (C=O) groups is 1. The molecule has 1 heterocycles. The average Bonchev–Trinajstić information content (AvgIpc) is 2.71. The van der Waals surface area contributed by atoms with E-state index in [1.165, 1.54) is 0 Å². The minimum Gasteiger partial charge on any atom is -0.447 e. The molecule has 2 rings (SSSR count). The van der Waals surface area contributed by atoms with Crippen LogP contribution in [0.1, 0.15) is 18.5 Å². The maximum absolute atomic E-state index is 11.6. The van der Waals surface area contributed by atoms with Gasteiger partial charge in [-0.05, 0) is 12.5 Å². The first-order valence-electron chi connectivity index (χ1n) is 5.44. The third-order valence-corrected chi connectivity index (χ3v) is 2.91. The van der Waals surface area contributed by atoms with Crippen LogP contribution < -0.4 is 5.73 Å². The van der Waals surface area contributed by atoms with E-state index in [0.717, 1.165) is 5.56 Å². The van der Waals surface area contributed by atoms with Gasteiger partial charge in [-0.25, -0.2) is 4.79 Å². The summed E-state index contributed by atoms with van der Waals surface area (Å²) in [7, 11) is 0. The van der Waals surface area contributed by atoms with Crippen LogP contribution in [-0.2, 0) is 4.74 Å². The molecule has 0 spiro atoms. The fourth-order valence-electron chi connectivity index (χ4n) is 1.97. The second kappa shape index (κ2) is 4.53. The van der Waals surface area contributed by atoms with Gasteiger partial charge in [0.05, 0.1) is 6.04 Å². The topological polar surface area (TPSA) is 55.6 Å². The van der Waals surface area contributed by atoms with E-state index in [4.69, 9.17) is 10.5 Å². The van der Waals surface area contributed by atoms with Gasteiger partial charge in [0.1, 0.15) is 6.61 Å². The third kappa shape index (κ3) is 1.88. The molecule has 86 valence electrons. The van der Waals surface area contributed by atoms with Gasteiger partial charge in [0.2, 0.25) is 0 Å². The van der Waals surface area contributed by atoms with E-state index in [1.54, 1.807) is 4.90 Å². The summed E-state index contributed by atoms with van der Waals surface area (Å²) in [5.41, 5.74) is 6.70. The molecule has 0 aromatic heterocycles. The number of nitrogens with zero attached hydrogens (tertiary/aromatic N) is 1. The number of rotatable bonds is 3. The highest BCUT2D eigenvalue weighted by atomic mass is 16.6. The molecule has 2 N–H and O–H groups in total. The quantitative estimate of drug-likeness (QED) is 0.840. The lowest BCUT2D eigenvalue weighted by atomic mass is 10.1. The van der Waals surface area contributed by atoms with Gasteiger partial charge in [-0.2, -0.15) is 0 Å². The Kier molecular flexibility index (Phi) is 3.10. The molecule has 2 atom stereocenters. The lowest BCUT2D eigenvalue weighted by molar-refractivity contribution is 0.148. The van der Waals surface area contributed by atoms with Gasteiger partial charge in [-0.1, -0.05) is 30.3 Å². The number of cyclic esters (lactones) is 1. The van der Waals surface area contributed by atoms with Crippen molar-refractivity contribution in [2.24, 2.45) is 5.73 Å². The van der Waals surface area contributed by atoms with Crippen LogP contribution in [0.2, 0.25) is 0 Å². The van der Waals surface area contributed by atoms with Crippen LogP contribution in [-0.4, -0.2) is 30.2 Å². The zero-order chi connectivity index (χ0) is 11.5. The molecular weight excluding hydrogens is 204 g/mol. The van der Waals surface area contributed by atoms with Crippen molar-refractivity contribution in [3.8, 4) is 0 Å². The number of nitrogens with two attached hydrogens (primary N) is 1. The Morgan fingerprint density at radius 3 is 2.81 bits per heavy atom. The minimum atomic E-state index is -0.271. The molecule has 1 aliphatic heterocycles. The van der Waals surface area contributed by atoms with Crippen molar-refractivity contribution < 1.29 is 9.53 Å². The van der Waals surface area contributed by atoms with E-state index < -0.39 is 0 Å². The van der Waals surface area contributed by atoms with Crippen molar-refractivity contribution in [1.82, 2.24) is 4.90 Å². The van der Waals surface area contributed by atoms with Crippen LogP contribution in [0.4, 0.5) is 4.79 Å². The second-order valence-corrected chi connectivity index (χ2v) is 4.00. The smallest absolute Gasteiger partial charge is 0.410 e. The highest BCUT2D eigenvalue weighted by Crippen LogP contribution is 2.29. The van der Waals surface area contributed by atoms with Gasteiger partial charge >= 0.3 is 6.09 Å². The molecule has 0 unspecified atom stereocenters. The summed E-state index contributed by atoms with van der Waals surface area (Å²) in [5, 5.41) is 0. The van der Waals surface area contributed by atoms with Crippen LogP contribution in [0.25, 0.3) is 0 Å². The summed E-state index contributed by atoms with van der Waals surface area (Å²) >= 11 is 0. The van der Waals surface area contributed by atoms with Gasteiger partial charge in [0, 0.05) is 12.6 Å². The van der Waals surface area contributed by atoms with E-state index in [-0.39, 0.29) is 18.2 Å². The fraction of sp³-hybridized carbons (Fsp3) is 0.417. The van der Waals surface area contributed by atoms with Gasteiger partial charge in [-0.3, -0.25) is 4.90 Å². The number of amides is 1. The van der Waals surface area contributed by atoms with Crippen molar-refractivity contribution in [2.45, 2.75) is 19.0 Å². The first kappa shape index (κ1) is 11.0. The Hall–Kier alpha value is -1.55. The number of hydrogen-bond acceptors (Lipinski definition) is 3. The van der Waals surface area contributed by atoms with Crippen molar-refractivity contribution >= 4 is 6.09 Å². The van der Waals surface area contributed by atoms with Crippen molar-refractivity contribution in [3.63, 3.8) is 0 Å². The Bertz CT molecular complexity index is 367. The van der Waals surface area contributed by atoms with Crippen LogP contribution >= 0.6 is 0 Å². The summed E-state index contributed by atoms with van der Waals surface area (Å²) in [4.78, 5) is 13.3. The Balaban J connectivity index is 2.24. The lowest BCUT2D eigenvalue weighted by Gasteiger charge is -2.27. The predicted molar refractivity (Wildman–Crippen MR) is 60.9 cm³/mol. The Labute approximate surface area is 95.0 Å². The van der Waals surface area contributed by atoms with E-state index in [0.29, 0.717) is 13.2 Å². The van der Waals surface area contributed by atoms with Crippen molar-refractivity contribution in [1.29, 1.82) is 0 Å². The molecule has 0 aliphatic carbocycles. The fourth-order valence-corrected chi connectivity index (χ4v) is 1.97. The van der Waals surface area contributed by atoms with Crippen LogP contribution in [0, 0.1) is 0 Å². The van der Waals surface area contributed by atoms with Crippen molar-refractivity contribution in [3.05, 3.63) is 35.9 Å². The highest BCUT2D eigenvalue weighted by molar-refractivity contribution is 5.71. The van der Waals surface area contributed by atoms with Gasteiger partial charge in [-0.15, -0.1) is 0 Å². The zero-order valence-corrected chi connectivity index (χ0v) is 9.30. The van der Waals surface area contributed by atoms with Crippen LogP contribution in [0.15, 0.2) is 30.3 Å². The maximum atomic E-state index is 11.6. The molecule has 1 amide bonds. The van der Waals surface area contributed by atoms with Crippen LogP contribution in [0.5, 0.6) is 0 Å². The van der Waals surface area contributed by atoms with Crippen LogP contribution in [0.3, 0.4) is 0 Å². The van der Waals surface area contributed by atoms with Gasteiger partial charge < -0.3 is 10.5 Å². The lowest BCUT2D eigenvalue weighted by Crippen LogP contribution is -2.40. The molecule has 1 saturated heterocycles. The summed E-state index contributed by atoms with van der Waals surface area (Å²) in [5.74, 6) is 0. The number of hydrogen-bond donors (Lipinski definition) is 1. The predicted octanol–water partition coefficient (Wildman–Crippen LogP) is 1.53. The van der Waals surface area contributed by atoms with E-state index in [1.807, 2.05) is 37.3 Å². The molecule has 1 aliphatic rings. The highest BCUT2D eigenvalue weighted by Gasteiger charge is 2.36. The number of ether oxygens (including phenoxy) is 1. The van der Waals surface area contributed by atoms with E-state index in [2.05, 4.69) is 0 Å². The monoisotopic (exact) mass is 220 g/mol. The standard InChI is InChI=1S/C12H16N2O2/c1-9(7-13)14-11(8-16-12(14)15)10-5-3-2-4-6-10/h2-6,9,11H,7-8,13H2,1H3/t9-,11+/m1/s1. The largest absolute Gasteiger partial charge is 0.447 e. The number of benzene rings is 1. The summed E-state index contributed by atoms with van der Waals surface area (Å²) in [6.45, 7) is 2.79. The molecule has 1 aromatic carbocycles. The van der Waals surface area contributed by atoms with E-state index in [9.17, 15) is 4.79 Å². The molecule has 1 fully saturated rings. The summed E-state index contributed by atoms with van der Waals surface area (Å²) < 4.78 is 5.09. The first-order chi connectivity index (χ1) is 7.74. The van der Waals surface area contributed by atoms with E-state index >= 15 is 0 Å². The molecule has 0 bridgehead atoms. The maximum Gasteiger partial charge on any atom is 0.410 e. The normalized spacial score (nSPS) is 22.0. The molecule has 16 heavy (non-hydrogen) atoms. The molecule has 4 nitrogen and oxygen atoms in total. The molecule has 4 heteroatoms. The third-order valence-electron chi connectivity index (χ3n) is 2.91. The van der Waals surface area contributed by atoms with Gasteiger partial charge in [0.15, 0.2) is 0 Å². The molecule has 0 radical (unpaired) electrons. The van der Waals surface area contributed by atoms with Crippen molar-refractivity contribution in [2.75, 3.05) is 13.2 Å². The molecule has 1 aromatic rings. The zero-order valence-electron chi connectivity index (χ0n) is 9.30. The summed E-state index contributed by atoms with van der Waals surface area (Å²) in [6.07, 6.45) is -0.271. The SMILES string of the molecule is C[C@H](CN)N1C(=O)OC[C@H]1c1ccccc1. The average molecular weight is 220 g/mol. The second-order valence-electron chi connectivity index (χ2n) is 4.00. The molecule has 0 saturated carbocycles. The minimum absolute atomic E-state index is 0.000191. The Morgan fingerprint density at radius 2 is 2.19 bits per heavy atom. The molecular formula is C12H16N2O2.